The van der Waals surface area contributed by atoms with Crippen LogP contribution < -0.4 is 9.64 Å². The Kier molecular flexibility index (Phi) is 7.04. The summed E-state index contributed by atoms with van der Waals surface area (Å²) in [5.41, 5.74) is 3.27. The minimum atomic E-state index is -0.0935. The largest absolute Gasteiger partial charge is 0.497 e. The first-order chi connectivity index (χ1) is 14.0. The maximum atomic E-state index is 12.7. The molecule has 2 aromatic carbocycles. The third-order valence-electron chi connectivity index (χ3n) is 5.59. The summed E-state index contributed by atoms with van der Waals surface area (Å²) in [6.07, 6.45) is 0.703. The first kappa shape index (κ1) is 21.5. The van der Waals surface area contributed by atoms with Gasteiger partial charge in [0.05, 0.1) is 24.4 Å². The average molecular weight is 416 g/mol. The zero-order chi connectivity index (χ0) is 21.0. The second kappa shape index (κ2) is 9.51. The lowest BCUT2D eigenvalue weighted by Gasteiger charge is -2.30. The molecule has 0 aromatic heterocycles. The van der Waals surface area contributed by atoms with Gasteiger partial charge in [-0.2, -0.15) is 0 Å². The van der Waals surface area contributed by atoms with Gasteiger partial charge < -0.3 is 14.5 Å². The summed E-state index contributed by atoms with van der Waals surface area (Å²) in [6, 6.07) is 14.2. The quantitative estimate of drug-likeness (QED) is 0.647. The second-order valence-electron chi connectivity index (χ2n) is 7.36. The van der Waals surface area contributed by atoms with Crippen molar-refractivity contribution in [3.05, 3.63) is 58.6 Å². The predicted octanol–water partition coefficient (Wildman–Crippen LogP) is 4.21. The van der Waals surface area contributed by atoms with Crippen molar-refractivity contribution in [3.8, 4) is 5.75 Å². The first-order valence-electron chi connectivity index (χ1n) is 10.2. The number of amides is 1. The van der Waals surface area contributed by atoms with Gasteiger partial charge in [0, 0.05) is 19.6 Å². The molecular weight excluding hydrogens is 386 g/mol. The molecule has 1 heterocycles. The van der Waals surface area contributed by atoms with Gasteiger partial charge in [0.2, 0.25) is 5.91 Å². The molecule has 0 radical (unpaired) electrons. The van der Waals surface area contributed by atoms with Gasteiger partial charge in [0.25, 0.3) is 0 Å². The van der Waals surface area contributed by atoms with Crippen LogP contribution in [0.5, 0.6) is 5.75 Å². The highest BCUT2D eigenvalue weighted by Gasteiger charge is 2.36. The van der Waals surface area contributed by atoms with E-state index in [-0.39, 0.29) is 12.1 Å². The molecule has 1 aliphatic heterocycles. The zero-order valence-corrected chi connectivity index (χ0v) is 18.4. The molecule has 1 unspecified atom stereocenters. The Balaban J connectivity index is 1.78. The molecule has 0 aliphatic carbocycles. The Morgan fingerprint density at radius 2 is 1.83 bits per heavy atom. The number of likely N-dealkylation sites (N-methyl/N-ethyl adjacent to an activating group) is 1. The van der Waals surface area contributed by atoms with E-state index in [0.29, 0.717) is 13.1 Å². The van der Waals surface area contributed by atoms with E-state index < -0.39 is 0 Å². The van der Waals surface area contributed by atoms with Gasteiger partial charge in [-0.3, -0.25) is 9.69 Å². The number of hydrogen-bond donors (Lipinski definition) is 0. The summed E-state index contributed by atoms with van der Waals surface area (Å²) >= 11 is 6.62. The Bertz CT molecular complexity index is 837. The van der Waals surface area contributed by atoms with Crippen LogP contribution in [0.2, 0.25) is 5.02 Å². The van der Waals surface area contributed by atoms with Crippen molar-refractivity contribution in [2.45, 2.75) is 26.4 Å². The van der Waals surface area contributed by atoms with Crippen molar-refractivity contribution in [2.24, 2.45) is 0 Å². The standard InChI is InChI=1S/C23H30ClN3O2/c1-5-26(6-2)21-12-9-18(15-20(21)24)23-25(3)16-22(28)27(23)14-13-17-7-10-19(29-4)11-8-17/h7-12,15,23H,5-6,13-14,16H2,1-4H3. The highest BCUT2D eigenvalue weighted by Crippen LogP contribution is 2.34. The van der Waals surface area contributed by atoms with Crippen LogP contribution in [-0.2, 0) is 11.2 Å². The molecule has 1 fully saturated rings. The molecule has 0 saturated carbocycles. The van der Waals surface area contributed by atoms with Crippen molar-refractivity contribution < 1.29 is 9.53 Å². The number of rotatable bonds is 8. The lowest BCUT2D eigenvalue weighted by atomic mass is 10.1. The highest BCUT2D eigenvalue weighted by atomic mass is 35.5. The van der Waals surface area contributed by atoms with E-state index in [1.165, 1.54) is 5.56 Å². The second-order valence-corrected chi connectivity index (χ2v) is 7.76. The third kappa shape index (κ3) is 4.68. The highest BCUT2D eigenvalue weighted by molar-refractivity contribution is 6.33. The van der Waals surface area contributed by atoms with Crippen molar-refractivity contribution in [1.29, 1.82) is 0 Å². The van der Waals surface area contributed by atoms with E-state index >= 15 is 0 Å². The van der Waals surface area contributed by atoms with Crippen LogP contribution in [0.1, 0.15) is 31.1 Å². The maximum absolute atomic E-state index is 12.7. The molecule has 1 atom stereocenters. The first-order valence-corrected chi connectivity index (χ1v) is 10.5. The molecule has 1 amide bonds. The SMILES string of the molecule is CCN(CC)c1ccc(C2N(C)CC(=O)N2CCc2ccc(OC)cc2)cc1Cl. The number of halogens is 1. The molecular formula is C23H30ClN3O2. The van der Waals surface area contributed by atoms with E-state index in [9.17, 15) is 4.79 Å². The van der Waals surface area contributed by atoms with Crippen molar-refractivity contribution >= 4 is 23.2 Å². The number of carbonyl (C=O) groups is 1. The van der Waals surface area contributed by atoms with Gasteiger partial charge in [-0.05, 0) is 62.7 Å². The van der Waals surface area contributed by atoms with E-state index in [0.717, 1.165) is 41.5 Å². The molecule has 2 aromatic rings. The Morgan fingerprint density at radius 1 is 1.14 bits per heavy atom. The summed E-state index contributed by atoms with van der Waals surface area (Å²) < 4.78 is 5.22. The van der Waals surface area contributed by atoms with Gasteiger partial charge >= 0.3 is 0 Å². The fourth-order valence-electron chi connectivity index (χ4n) is 3.99. The molecule has 6 heteroatoms. The molecule has 29 heavy (non-hydrogen) atoms. The van der Waals surface area contributed by atoms with Crippen LogP contribution in [0.25, 0.3) is 0 Å². The number of methoxy groups -OCH3 is 1. The van der Waals surface area contributed by atoms with Crippen LogP contribution in [0.15, 0.2) is 42.5 Å². The fourth-order valence-corrected chi connectivity index (χ4v) is 4.30. The van der Waals surface area contributed by atoms with Crippen LogP contribution in [0.3, 0.4) is 0 Å². The number of hydrogen-bond acceptors (Lipinski definition) is 4. The van der Waals surface area contributed by atoms with Crippen molar-refractivity contribution in [1.82, 2.24) is 9.80 Å². The number of ether oxygens (including phenoxy) is 1. The topological polar surface area (TPSA) is 36.0 Å². The Labute approximate surface area is 178 Å². The minimum Gasteiger partial charge on any atom is -0.497 e. The smallest absolute Gasteiger partial charge is 0.238 e. The fraction of sp³-hybridized carbons (Fsp3) is 0.435. The summed E-state index contributed by atoms with van der Waals surface area (Å²) in [4.78, 5) is 18.9. The molecule has 0 N–H and O–H groups in total. The van der Waals surface area contributed by atoms with E-state index in [1.807, 2.05) is 42.3 Å². The monoisotopic (exact) mass is 415 g/mol. The van der Waals surface area contributed by atoms with Crippen LogP contribution >= 0.6 is 11.6 Å². The molecule has 3 rings (SSSR count). The predicted molar refractivity (Wildman–Crippen MR) is 119 cm³/mol. The van der Waals surface area contributed by atoms with Crippen molar-refractivity contribution in [2.75, 3.05) is 45.2 Å². The summed E-state index contributed by atoms with van der Waals surface area (Å²) in [5.74, 6) is 0.987. The van der Waals surface area contributed by atoms with E-state index in [1.54, 1.807) is 7.11 Å². The number of nitrogens with zero attached hydrogens (tertiary/aromatic N) is 3. The Hall–Kier alpha value is -2.24. The molecule has 5 nitrogen and oxygen atoms in total. The van der Waals surface area contributed by atoms with E-state index in [2.05, 4.69) is 35.8 Å². The molecule has 1 aliphatic rings. The normalized spacial score (nSPS) is 17.1. The summed E-state index contributed by atoms with van der Waals surface area (Å²) in [5, 5.41) is 0.731. The number of benzene rings is 2. The van der Waals surface area contributed by atoms with Crippen molar-refractivity contribution in [3.63, 3.8) is 0 Å². The third-order valence-corrected chi connectivity index (χ3v) is 5.89. The summed E-state index contributed by atoms with van der Waals surface area (Å²) in [6.45, 7) is 7.14. The van der Waals surface area contributed by atoms with Gasteiger partial charge in [0.15, 0.2) is 0 Å². The Morgan fingerprint density at radius 3 is 2.41 bits per heavy atom. The van der Waals surface area contributed by atoms with Gasteiger partial charge in [-0.25, -0.2) is 0 Å². The van der Waals surface area contributed by atoms with Gasteiger partial charge in [-0.15, -0.1) is 0 Å². The molecule has 156 valence electrons. The average Bonchev–Trinajstić information content (AvgIpc) is 3.01. The lowest BCUT2D eigenvalue weighted by Crippen LogP contribution is -2.32. The van der Waals surface area contributed by atoms with Crippen LogP contribution in [0, 0.1) is 0 Å². The minimum absolute atomic E-state index is 0.0935. The number of carbonyl (C=O) groups excluding carboxylic acids is 1. The van der Waals surface area contributed by atoms with E-state index in [4.69, 9.17) is 16.3 Å². The lowest BCUT2D eigenvalue weighted by molar-refractivity contribution is -0.128. The maximum Gasteiger partial charge on any atom is 0.238 e. The van der Waals surface area contributed by atoms with Gasteiger partial charge in [0.1, 0.15) is 11.9 Å². The number of anilines is 1. The zero-order valence-electron chi connectivity index (χ0n) is 17.7. The summed E-state index contributed by atoms with van der Waals surface area (Å²) in [7, 11) is 3.65. The molecule has 1 saturated heterocycles. The van der Waals surface area contributed by atoms with Crippen LogP contribution in [0.4, 0.5) is 5.69 Å². The molecule has 0 bridgehead atoms. The van der Waals surface area contributed by atoms with Crippen LogP contribution in [-0.4, -0.2) is 56.0 Å². The van der Waals surface area contributed by atoms with Gasteiger partial charge in [-0.1, -0.05) is 29.8 Å². The molecule has 0 spiro atoms.